The van der Waals surface area contributed by atoms with Gasteiger partial charge < -0.3 is 4.74 Å². The summed E-state index contributed by atoms with van der Waals surface area (Å²) in [5.41, 5.74) is 0. The van der Waals surface area contributed by atoms with E-state index in [1.54, 1.807) is 0 Å². The molecule has 4 heteroatoms. The number of hydrogen-bond acceptors (Lipinski definition) is 3. The van der Waals surface area contributed by atoms with Crippen molar-refractivity contribution in [3.05, 3.63) is 0 Å². The van der Waals surface area contributed by atoms with E-state index >= 15 is 0 Å². The topological polar surface area (TPSA) is 43.4 Å². The van der Waals surface area contributed by atoms with Crippen LogP contribution >= 0.6 is 0 Å². The van der Waals surface area contributed by atoms with Gasteiger partial charge in [-0.15, -0.1) is 0 Å². The zero-order valence-corrected chi connectivity index (χ0v) is 12.0. The van der Waals surface area contributed by atoms with Gasteiger partial charge in [-0.1, -0.05) is 58.3 Å². The molecule has 0 rings (SSSR count). The normalized spacial score (nSPS) is 9.79. The quantitative estimate of drug-likeness (QED) is 0.238. The van der Waals surface area contributed by atoms with Crippen LogP contribution in [0.15, 0.2) is 0 Å². The van der Waals surface area contributed by atoms with Gasteiger partial charge in [0.15, 0.2) is 0 Å². The van der Waals surface area contributed by atoms with Crippen LogP contribution in [0.25, 0.3) is 0 Å². The number of carbonyl (C=O) groups excluding carboxylic acids is 2. The third-order valence-corrected chi connectivity index (χ3v) is 3.13. The van der Waals surface area contributed by atoms with Crippen molar-refractivity contribution in [2.24, 2.45) is 0 Å². The second-order valence-electron chi connectivity index (χ2n) is 4.87. The first-order valence-electron chi connectivity index (χ1n) is 7.29. The van der Waals surface area contributed by atoms with Gasteiger partial charge in [0, 0.05) is 6.42 Å². The number of unbranched alkanes of at least 4 members (excludes halogenated alkanes) is 8. The molecule has 0 unspecified atom stereocenters. The van der Waals surface area contributed by atoms with Gasteiger partial charge in [-0.2, -0.15) is 0 Å². The fourth-order valence-corrected chi connectivity index (χ4v) is 1.95. The molecule has 0 saturated carbocycles. The maximum absolute atomic E-state index is 11.3. The Morgan fingerprint density at radius 3 is 1.79 bits per heavy atom. The van der Waals surface area contributed by atoms with Crippen LogP contribution in [0.1, 0.15) is 77.6 Å². The molecular formula is C15H29NaO3. The molecule has 0 spiro atoms. The second-order valence-corrected chi connectivity index (χ2v) is 4.87. The SMILES string of the molecule is CCCCCCCCCCCC(=O)CC(=O)OC.[NaH]. The predicted octanol–water partition coefficient (Wildman–Crippen LogP) is 3.39. The van der Waals surface area contributed by atoms with Crippen LogP contribution in [0, 0.1) is 0 Å². The molecule has 0 aromatic rings. The molecule has 108 valence electrons. The summed E-state index contributed by atoms with van der Waals surface area (Å²) in [6, 6.07) is 0. The molecule has 0 heterocycles. The first-order valence-corrected chi connectivity index (χ1v) is 7.29. The number of esters is 1. The van der Waals surface area contributed by atoms with E-state index in [0.29, 0.717) is 6.42 Å². The van der Waals surface area contributed by atoms with E-state index in [1.807, 2.05) is 0 Å². The number of ether oxygens (including phenoxy) is 1. The Hall–Kier alpha value is 0.140. The number of carbonyl (C=O) groups is 2. The molecule has 0 bridgehead atoms. The fourth-order valence-electron chi connectivity index (χ4n) is 1.95. The average molecular weight is 280 g/mol. The predicted molar refractivity (Wildman–Crippen MR) is 80.6 cm³/mol. The van der Waals surface area contributed by atoms with Gasteiger partial charge in [0.25, 0.3) is 0 Å². The molecular weight excluding hydrogens is 251 g/mol. The third kappa shape index (κ3) is 16.1. The van der Waals surface area contributed by atoms with Crippen LogP contribution in [-0.2, 0) is 14.3 Å². The van der Waals surface area contributed by atoms with Crippen LogP contribution in [0.4, 0.5) is 0 Å². The van der Waals surface area contributed by atoms with Crippen molar-refractivity contribution in [2.75, 3.05) is 7.11 Å². The van der Waals surface area contributed by atoms with E-state index in [0.717, 1.165) is 12.8 Å². The van der Waals surface area contributed by atoms with Gasteiger partial charge in [0.2, 0.25) is 0 Å². The number of Topliss-reactive ketones (excluding diaryl/α,β-unsaturated/α-hetero) is 1. The molecule has 19 heavy (non-hydrogen) atoms. The van der Waals surface area contributed by atoms with Crippen LogP contribution < -0.4 is 0 Å². The van der Waals surface area contributed by atoms with E-state index in [-0.39, 0.29) is 41.8 Å². The molecule has 3 nitrogen and oxygen atoms in total. The number of methoxy groups -OCH3 is 1. The monoisotopic (exact) mass is 280 g/mol. The van der Waals surface area contributed by atoms with Gasteiger partial charge in [0.1, 0.15) is 12.2 Å². The van der Waals surface area contributed by atoms with Crippen molar-refractivity contribution in [1.29, 1.82) is 0 Å². The summed E-state index contributed by atoms with van der Waals surface area (Å²) in [4.78, 5) is 22.2. The summed E-state index contributed by atoms with van der Waals surface area (Å²) in [5.74, 6) is -0.416. The third-order valence-electron chi connectivity index (χ3n) is 3.13. The number of rotatable bonds is 12. The Morgan fingerprint density at radius 1 is 0.842 bits per heavy atom. The standard InChI is InChI=1S/C15H28O3.Na.H/c1-3-4-5-6-7-8-9-10-11-12-14(16)13-15(17)18-2;;/h3-13H2,1-2H3;;. The zero-order chi connectivity index (χ0) is 13.6. The van der Waals surface area contributed by atoms with Gasteiger partial charge >= 0.3 is 35.5 Å². The van der Waals surface area contributed by atoms with E-state index < -0.39 is 5.97 Å². The van der Waals surface area contributed by atoms with Gasteiger partial charge in [-0.25, -0.2) is 0 Å². The Balaban J connectivity index is 0. The molecule has 0 aliphatic carbocycles. The van der Waals surface area contributed by atoms with Crippen molar-refractivity contribution >= 4 is 41.3 Å². The van der Waals surface area contributed by atoms with Gasteiger partial charge in [-0.05, 0) is 6.42 Å². The molecule has 0 aliphatic heterocycles. The second kappa shape index (κ2) is 16.2. The average Bonchev–Trinajstić information content (AvgIpc) is 2.36. The molecule has 0 aromatic carbocycles. The molecule has 0 atom stereocenters. The molecule has 0 N–H and O–H groups in total. The molecule has 0 amide bonds. The molecule has 0 aliphatic rings. The minimum atomic E-state index is -0.420. The van der Waals surface area contributed by atoms with E-state index in [9.17, 15) is 9.59 Å². The number of hydrogen-bond donors (Lipinski definition) is 0. The van der Waals surface area contributed by atoms with Crippen molar-refractivity contribution in [3.63, 3.8) is 0 Å². The minimum absolute atomic E-state index is 0. The van der Waals surface area contributed by atoms with E-state index in [2.05, 4.69) is 11.7 Å². The summed E-state index contributed by atoms with van der Waals surface area (Å²) in [6.07, 6.45) is 11.6. The first kappa shape index (κ1) is 21.4. The maximum atomic E-state index is 11.3. The summed E-state index contributed by atoms with van der Waals surface area (Å²) in [5, 5.41) is 0. The van der Waals surface area contributed by atoms with Gasteiger partial charge in [-0.3, -0.25) is 9.59 Å². The van der Waals surface area contributed by atoms with Crippen LogP contribution in [0.5, 0.6) is 0 Å². The molecule has 0 fully saturated rings. The Labute approximate surface area is 140 Å². The molecule has 0 saturated heterocycles. The summed E-state index contributed by atoms with van der Waals surface area (Å²) < 4.78 is 4.45. The zero-order valence-electron chi connectivity index (χ0n) is 12.0. The Bertz CT molecular complexity index is 229. The van der Waals surface area contributed by atoms with Crippen molar-refractivity contribution in [3.8, 4) is 0 Å². The van der Waals surface area contributed by atoms with Crippen molar-refractivity contribution in [1.82, 2.24) is 0 Å². The van der Waals surface area contributed by atoms with Crippen LogP contribution in [0.3, 0.4) is 0 Å². The number of ketones is 1. The molecule has 0 aromatic heterocycles. The summed E-state index contributed by atoms with van der Waals surface area (Å²) in [6.45, 7) is 2.23. The first-order chi connectivity index (χ1) is 8.70. The fraction of sp³-hybridized carbons (Fsp3) is 0.867. The van der Waals surface area contributed by atoms with Crippen molar-refractivity contribution in [2.45, 2.75) is 77.6 Å². The Morgan fingerprint density at radius 2 is 1.32 bits per heavy atom. The molecule has 0 radical (unpaired) electrons. The van der Waals surface area contributed by atoms with E-state index in [1.165, 1.54) is 52.1 Å². The van der Waals surface area contributed by atoms with Gasteiger partial charge in [0.05, 0.1) is 7.11 Å². The van der Waals surface area contributed by atoms with Crippen LogP contribution in [0.2, 0.25) is 0 Å². The summed E-state index contributed by atoms with van der Waals surface area (Å²) >= 11 is 0. The van der Waals surface area contributed by atoms with Crippen molar-refractivity contribution < 1.29 is 14.3 Å². The van der Waals surface area contributed by atoms with E-state index in [4.69, 9.17) is 0 Å². The van der Waals surface area contributed by atoms with Crippen LogP contribution in [-0.4, -0.2) is 48.4 Å². The Kier molecular flexibility index (Phi) is 18.3. The summed E-state index contributed by atoms with van der Waals surface area (Å²) in [7, 11) is 1.31.